The summed E-state index contributed by atoms with van der Waals surface area (Å²) in [5.41, 5.74) is 4.13. The van der Waals surface area contributed by atoms with E-state index in [2.05, 4.69) is 31.1 Å². The summed E-state index contributed by atoms with van der Waals surface area (Å²) in [6.07, 6.45) is 8.80. The van der Waals surface area contributed by atoms with Crippen LogP contribution in [0.2, 0.25) is 0 Å². The van der Waals surface area contributed by atoms with Crippen LogP contribution in [0.4, 0.5) is 0 Å². The molecule has 0 aromatic rings. The fourth-order valence-electron chi connectivity index (χ4n) is 1.05. The minimum absolute atomic E-state index is 1.04. The molecule has 0 saturated heterocycles. The highest BCUT2D eigenvalue weighted by Crippen LogP contribution is 2.01. The number of hydrogen-bond donors (Lipinski definition) is 1. The molecule has 1 nitrogen and oxygen atoms in total. The van der Waals surface area contributed by atoms with Crippen LogP contribution in [0.1, 0.15) is 26.2 Å². The molecule has 1 heteroatoms. The normalized spacial score (nSPS) is 8.93. The summed E-state index contributed by atoms with van der Waals surface area (Å²) in [6, 6.07) is 0. The van der Waals surface area contributed by atoms with Crippen LogP contribution >= 0.6 is 0 Å². The van der Waals surface area contributed by atoms with Crippen LogP contribution < -0.4 is 5.32 Å². The summed E-state index contributed by atoms with van der Waals surface area (Å²) >= 11 is 0. The lowest BCUT2D eigenvalue weighted by Crippen LogP contribution is -2.15. The van der Waals surface area contributed by atoms with Gasteiger partial charge in [0.05, 0.1) is 0 Å². The molecule has 0 bridgehead atoms. The van der Waals surface area contributed by atoms with Crippen LogP contribution in [0.3, 0.4) is 0 Å². The first-order valence-electron chi connectivity index (χ1n) is 5.23. The molecule has 0 aromatic carbocycles. The van der Waals surface area contributed by atoms with Crippen molar-refractivity contribution in [3.63, 3.8) is 0 Å². The highest BCUT2D eigenvalue weighted by molar-refractivity contribution is 5.15. The molecule has 14 heavy (non-hydrogen) atoms. The maximum absolute atomic E-state index is 3.94. The number of allylic oxidation sites excluding steroid dienone is 3. The second kappa shape index (κ2) is 10.0. The van der Waals surface area contributed by atoms with Gasteiger partial charge in [-0.05, 0) is 50.1 Å². The topological polar surface area (TPSA) is 12.0 Å². The third-order valence-electron chi connectivity index (χ3n) is 1.78. The molecule has 0 aliphatic heterocycles. The van der Waals surface area contributed by atoms with Gasteiger partial charge < -0.3 is 5.32 Å². The molecule has 0 spiro atoms. The molecule has 0 radical (unpaired) electrons. The second-order valence-corrected chi connectivity index (χ2v) is 3.23. The Labute approximate surface area is 87.9 Å². The average molecular weight is 191 g/mol. The van der Waals surface area contributed by atoms with Crippen LogP contribution in [0, 0.1) is 0 Å². The van der Waals surface area contributed by atoms with Crippen LogP contribution in [0.25, 0.3) is 0 Å². The van der Waals surface area contributed by atoms with Gasteiger partial charge in [0.1, 0.15) is 0 Å². The SMILES string of the molecule is C=CC=C=CC(=C)CCCNCCC. The van der Waals surface area contributed by atoms with Crippen molar-refractivity contribution >= 4 is 0 Å². The van der Waals surface area contributed by atoms with Gasteiger partial charge in [-0.1, -0.05) is 26.2 Å². The van der Waals surface area contributed by atoms with Crippen molar-refractivity contribution in [2.75, 3.05) is 13.1 Å². The van der Waals surface area contributed by atoms with Gasteiger partial charge in [-0.15, -0.1) is 5.73 Å². The molecule has 0 fully saturated rings. The maximum Gasteiger partial charge on any atom is -0.00458 e. The van der Waals surface area contributed by atoms with Crippen molar-refractivity contribution in [1.82, 2.24) is 5.32 Å². The van der Waals surface area contributed by atoms with Crippen molar-refractivity contribution < 1.29 is 0 Å². The zero-order chi connectivity index (χ0) is 10.6. The zero-order valence-corrected chi connectivity index (χ0v) is 9.18. The summed E-state index contributed by atoms with van der Waals surface area (Å²) in [5.74, 6) is 0. The molecule has 0 atom stereocenters. The lowest BCUT2D eigenvalue weighted by Gasteiger charge is -2.01. The molecule has 0 aliphatic rings. The van der Waals surface area contributed by atoms with Gasteiger partial charge in [-0.2, -0.15) is 0 Å². The lowest BCUT2D eigenvalue weighted by atomic mass is 10.1. The van der Waals surface area contributed by atoms with E-state index in [1.807, 2.05) is 6.08 Å². The molecular formula is C13H21N. The van der Waals surface area contributed by atoms with E-state index in [9.17, 15) is 0 Å². The van der Waals surface area contributed by atoms with Gasteiger partial charge in [0.2, 0.25) is 0 Å². The highest BCUT2D eigenvalue weighted by atomic mass is 14.8. The average Bonchev–Trinajstić information content (AvgIpc) is 2.18. The summed E-state index contributed by atoms with van der Waals surface area (Å²) in [6.45, 7) is 11.9. The van der Waals surface area contributed by atoms with E-state index in [1.165, 1.54) is 6.42 Å². The molecule has 0 heterocycles. The Kier molecular flexibility index (Phi) is 9.30. The quantitative estimate of drug-likeness (QED) is 0.353. The highest BCUT2D eigenvalue weighted by Gasteiger charge is 1.89. The molecule has 0 rings (SSSR count). The smallest absolute Gasteiger partial charge is 0.00458 e. The summed E-state index contributed by atoms with van der Waals surface area (Å²) in [5, 5.41) is 3.36. The predicted octanol–water partition coefficient (Wildman–Crippen LogP) is 3.22. The minimum atomic E-state index is 1.04. The van der Waals surface area contributed by atoms with E-state index in [1.54, 1.807) is 12.2 Å². The Balaban J connectivity index is 3.45. The first kappa shape index (κ1) is 13.0. The van der Waals surface area contributed by atoms with E-state index >= 15 is 0 Å². The maximum atomic E-state index is 3.94. The van der Waals surface area contributed by atoms with Crippen LogP contribution in [-0.2, 0) is 0 Å². The Hall–Kier alpha value is -1.04. The molecule has 0 unspecified atom stereocenters. The van der Waals surface area contributed by atoms with Gasteiger partial charge in [-0.3, -0.25) is 0 Å². The first-order chi connectivity index (χ1) is 6.81. The number of rotatable bonds is 8. The summed E-state index contributed by atoms with van der Waals surface area (Å²) < 4.78 is 0. The van der Waals surface area contributed by atoms with Crippen molar-refractivity contribution in [2.24, 2.45) is 0 Å². The third-order valence-corrected chi connectivity index (χ3v) is 1.78. The Bertz CT molecular complexity index is 219. The monoisotopic (exact) mass is 191 g/mol. The number of hydrogen-bond acceptors (Lipinski definition) is 1. The van der Waals surface area contributed by atoms with E-state index in [-0.39, 0.29) is 0 Å². The molecule has 1 N–H and O–H groups in total. The van der Waals surface area contributed by atoms with Gasteiger partial charge in [0.15, 0.2) is 0 Å². The van der Waals surface area contributed by atoms with Crippen molar-refractivity contribution in [3.8, 4) is 0 Å². The van der Waals surface area contributed by atoms with E-state index in [4.69, 9.17) is 0 Å². The van der Waals surface area contributed by atoms with Crippen LogP contribution in [0.5, 0.6) is 0 Å². The van der Waals surface area contributed by atoms with Gasteiger partial charge in [-0.25, -0.2) is 0 Å². The zero-order valence-electron chi connectivity index (χ0n) is 9.18. The van der Waals surface area contributed by atoms with Gasteiger partial charge in [0, 0.05) is 0 Å². The van der Waals surface area contributed by atoms with Crippen LogP contribution in [-0.4, -0.2) is 13.1 Å². The summed E-state index contributed by atoms with van der Waals surface area (Å²) in [4.78, 5) is 0. The number of nitrogens with one attached hydrogen (secondary N) is 1. The van der Waals surface area contributed by atoms with Crippen molar-refractivity contribution in [2.45, 2.75) is 26.2 Å². The molecular weight excluding hydrogens is 170 g/mol. The Morgan fingerprint density at radius 2 is 2.21 bits per heavy atom. The Morgan fingerprint density at radius 3 is 2.86 bits per heavy atom. The molecule has 78 valence electrons. The molecule has 0 amide bonds. The fourth-order valence-corrected chi connectivity index (χ4v) is 1.05. The minimum Gasteiger partial charge on any atom is -0.317 e. The first-order valence-corrected chi connectivity index (χ1v) is 5.23. The Morgan fingerprint density at radius 1 is 1.43 bits per heavy atom. The van der Waals surface area contributed by atoms with Gasteiger partial charge >= 0.3 is 0 Å². The van der Waals surface area contributed by atoms with Crippen molar-refractivity contribution in [3.05, 3.63) is 42.7 Å². The van der Waals surface area contributed by atoms with E-state index in [0.717, 1.165) is 31.5 Å². The second-order valence-electron chi connectivity index (χ2n) is 3.23. The molecule has 0 aromatic heterocycles. The summed E-state index contributed by atoms with van der Waals surface area (Å²) in [7, 11) is 0. The van der Waals surface area contributed by atoms with E-state index < -0.39 is 0 Å². The van der Waals surface area contributed by atoms with E-state index in [0.29, 0.717) is 0 Å². The molecule has 0 saturated carbocycles. The van der Waals surface area contributed by atoms with Crippen molar-refractivity contribution in [1.29, 1.82) is 0 Å². The van der Waals surface area contributed by atoms with Crippen LogP contribution in [0.15, 0.2) is 42.7 Å². The lowest BCUT2D eigenvalue weighted by molar-refractivity contribution is 0.641. The third kappa shape index (κ3) is 9.05. The van der Waals surface area contributed by atoms with Gasteiger partial charge in [0.25, 0.3) is 0 Å². The standard InChI is InChI=1S/C13H21N/c1-4-6-7-9-13(3)10-8-12-14-11-5-2/h4,6,9,14H,1,3,5,8,10-12H2,2H3. The largest absolute Gasteiger partial charge is 0.317 e. The predicted molar refractivity (Wildman–Crippen MR) is 64.4 cm³/mol. The fraction of sp³-hybridized carbons (Fsp3) is 0.462. The molecule has 0 aliphatic carbocycles.